The van der Waals surface area contributed by atoms with Crippen molar-refractivity contribution in [3.63, 3.8) is 0 Å². The van der Waals surface area contributed by atoms with E-state index in [0.717, 1.165) is 11.3 Å². The topological polar surface area (TPSA) is 85.6 Å². The molecule has 4 aromatic rings. The molecule has 1 amide bonds. The van der Waals surface area contributed by atoms with Crippen LogP contribution in [0, 0.1) is 0 Å². The van der Waals surface area contributed by atoms with Gasteiger partial charge in [0.1, 0.15) is 5.69 Å². The van der Waals surface area contributed by atoms with Gasteiger partial charge in [0.05, 0.1) is 5.69 Å². The van der Waals surface area contributed by atoms with Crippen LogP contribution in [0.15, 0.2) is 79.1 Å². The Morgan fingerprint density at radius 3 is 2.50 bits per heavy atom. The molecule has 0 aliphatic carbocycles. The Balaban J connectivity index is 1.51. The minimum Gasteiger partial charge on any atom is -0.304 e. The van der Waals surface area contributed by atoms with Gasteiger partial charge in [0, 0.05) is 18.0 Å². The van der Waals surface area contributed by atoms with Crippen LogP contribution in [-0.4, -0.2) is 30.9 Å². The third kappa shape index (κ3) is 3.32. The number of rotatable bonds is 4. The van der Waals surface area contributed by atoms with E-state index < -0.39 is 0 Å². The molecule has 4 rings (SSSR count). The summed E-state index contributed by atoms with van der Waals surface area (Å²) in [5.74, 6) is 0.565. The molecule has 0 saturated heterocycles. The van der Waals surface area contributed by atoms with Gasteiger partial charge in [-0.1, -0.05) is 36.4 Å². The predicted molar refractivity (Wildman–Crippen MR) is 96.8 cm³/mol. The van der Waals surface area contributed by atoms with E-state index in [4.69, 9.17) is 0 Å². The Morgan fingerprint density at radius 2 is 1.77 bits per heavy atom. The van der Waals surface area contributed by atoms with Gasteiger partial charge in [-0.25, -0.2) is 9.67 Å². The zero-order valence-electron chi connectivity index (χ0n) is 13.6. The monoisotopic (exact) mass is 342 g/mol. The van der Waals surface area contributed by atoms with E-state index in [1.165, 1.54) is 0 Å². The van der Waals surface area contributed by atoms with E-state index in [-0.39, 0.29) is 11.6 Å². The lowest BCUT2D eigenvalue weighted by Crippen LogP contribution is -2.16. The summed E-state index contributed by atoms with van der Waals surface area (Å²) < 4.78 is 1.59. The van der Waals surface area contributed by atoms with E-state index in [2.05, 4.69) is 25.6 Å². The molecule has 0 spiro atoms. The van der Waals surface area contributed by atoms with Crippen molar-refractivity contribution in [1.82, 2.24) is 25.0 Å². The minimum atomic E-state index is -0.360. The molecule has 0 radical (unpaired) electrons. The van der Waals surface area contributed by atoms with E-state index in [9.17, 15) is 4.79 Å². The minimum absolute atomic E-state index is 0.270. The molecule has 0 unspecified atom stereocenters. The van der Waals surface area contributed by atoms with Gasteiger partial charge < -0.3 is 5.32 Å². The fourth-order valence-electron chi connectivity index (χ4n) is 2.42. The van der Waals surface area contributed by atoms with E-state index in [0.29, 0.717) is 11.6 Å². The lowest BCUT2D eigenvalue weighted by Gasteiger charge is -2.06. The summed E-state index contributed by atoms with van der Waals surface area (Å²) in [7, 11) is 0. The van der Waals surface area contributed by atoms with E-state index >= 15 is 0 Å². The van der Waals surface area contributed by atoms with E-state index in [1.807, 2.05) is 36.4 Å². The highest BCUT2D eigenvalue weighted by atomic mass is 16.1. The molecule has 0 atom stereocenters. The Hall–Kier alpha value is -3.87. The van der Waals surface area contributed by atoms with Crippen molar-refractivity contribution >= 4 is 11.7 Å². The maximum atomic E-state index is 12.4. The Kier molecular flexibility index (Phi) is 4.17. The Bertz CT molecular complexity index is 1010. The van der Waals surface area contributed by atoms with Crippen LogP contribution in [0.1, 0.15) is 10.5 Å². The maximum absolute atomic E-state index is 12.4. The smallest absolute Gasteiger partial charge is 0.275 e. The average Bonchev–Trinajstić information content (AvgIpc) is 3.24. The summed E-state index contributed by atoms with van der Waals surface area (Å²) in [6.07, 6.45) is 3.41. The van der Waals surface area contributed by atoms with Gasteiger partial charge in [-0.15, -0.1) is 10.2 Å². The van der Waals surface area contributed by atoms with Gasteiger partial charge in [-0.2, -0.15) is 5.10 Å². The summed E-state index contributed by atoms with van der Waals surface area (Å²) in [5, 5.41) is 15.0. The van der Waals surface area contributed by atoms with Crippen LogP contribution in [0.5, 0.6) is 0 Å². The fraction of sp³-hybridized carbons (Fsp3) is 0. The highest BCUT2D eigenvalue weighted by Gasteiger charge is 2.11. The second-order valence-electron chi connectivity index (χ2n) is 5.46. The molecular weight excluding hydrogens is 328 g/mol. The van der Waals surface area contributed by atoms with Crippen molar-refractivity contribution in [2.75, 3.05) is 5.32 Å². The van der Waals surface area contributed by atoms with Crippen molar-refractivity contribution in [3.05, 3.63) is 84.8 Å². The van der Waals surface area contributed by atoms with Gasteiger partial charge >= 0.3 is 0 Å². The summed E-state index contributed by atoms with van der Waals surface area (Å²) in [5.41, 5.74) is 1.97. The molecule has 26 heavy (non-hydrogen) atoms. The van der Waals surface area contributed by atoms with Gasteiger partial charge in [-0.05, 0) is 30.3 Å². The van der Waals surface area contributed by atoms with Gasteiger partial charge in [0.25, 0.3) is 5.91 Å². The number of anilines is 1. The molecule has 7 heteroatoms. The number of pyridine rings is 1. The van der Waals surface area contributed by atoms with Crippen LogP contribution >= 0.6 is 0 Å². The summed E-state index contributed by atoms with van der Waals surface area (Å²) in [6, 6.07) is 20.2. The largest absolute Gasteiger partial charge is 0.304 e. The summed E-state index contributed by atoms with van der Waals surface area (Å²) in [4.78, 5) is 16.7. The van der Waals surface area contributed by atoms with Crippen molar-refractivity contribution in [3.8, 4) is 17.1 Å². The van der Waals surface area contributed by atoms with Crippen molar-refractivity contribution in [1.29, 1.82) is 0 Å². The number of nitrogens with zero attached hydrogens (tertiary/aromatic N) is 5. The maximum Gasteiger partial charge on any atom is 0.275 e. The first-order chi connectivity index (χ1) is 12.8. The van der Waals surface area contributed by atoms with Crippen molar-refractivity contribution in [2.24, 2.45) is 0 Å². The number of benzene rings is 1. The molecule has 3 heterocycles. The van der Waals surface area contributed by atoms with Gasteiger partial charge in [0.15, 0.2) is 11.6 Å². The molecular formula is C19H14N6O. The quantitative estimate of drug-likeness (QED) is 0.616. The summed E-state index contributed by atoms with van der Waals surface area (Å²) >= 11 is 0. The van der Waals surface area contributed by atoms with Crippen molar-refractivity contribution in [2.45, 2.75) is 0 Å². The fourth-order valence-corrected chi connectivity index (χ4v) is 2.42. The van der Waals surface area contributed by atoms with Crippen LogP contribution in [-0.2, 0) is 0 Å². The number of carbonyl (C=O) groups is 1. The first-order valence-electron chi connectivity index (χ1n) is 7.97. The molecule has 3 aromatic heterocycles. The zero-order valence-corrected chi connectivity index (χ0v) is 13.6. The molecule has 0 fully saturated rings. The molecule has 0 aliphatic rings. The zero-order chi connectivity index (χ0) is 17.8. The lowest BCUT2D eigenvalue weighted by atomic mass is 10.1. The molecule has 126 valence electrons. The third-order valence-corrected chi connectivity index (χ3v) is 3.68. The number of aromatic nitrogens is 5. The molecule has 0 aliphatic heterocycles. The molecule has 7 nitrogen and oxygen atoms in total. The number of amides is 1. The number of nitrogens with one attached hydrogen (secondary N) is 1. The SMILES string of the molecule is O=C(Nc1ccc(-c2ccccc2)nn1)c1cccc(-n2cccn2)n1. The lowest BCUT2D eigenvalue weighted by molar-refractivity contribution is 0.102. The average molecular weight is 342 g/mol. The van der Waals surface area contributed by atoms with Gasteiger partial charge in [-0.3, -0.25) is 4.79 Å². The molecule has 0 bridgehead atoms. The van der Waals surface area contributed by atoms with Crippen LogP contribution in [0.4, 0.5) is 5.82 Å². The van der Waals surface area contributed by atoms with Crippen LogP contribution in [0.3, 0.4) is 0 Å². The first-order valence-corrected chi connectivity index (χ1v) is 7.97. The first kappa shape index (κ1) is 15.6. The van der Waals surface area contributed by atoms with Crippen LogP contribution < -0.4 is 5.32 Å². The predicted octanol–water partition coefficient (Wildman–Crippen LogP) is 2.98. The molecule has 1 aromatic carbocycles. The van der Waals surface area contributed by atoms with Crippen LogP contribution in [0.2, 0.25) is 0 Å². The van der Waals surface area contributed by atoms with Gasteiger partial charge in [0.2, 0.25) is 0 Å². The Labute approximate surface area is 149 Å². The second-order valence-corrected chi connectivity index (χ2v) is 5.46. The third-order valence-electron chi connectivity index (χ3n) is 3.68. The number of hydrogen-bond acceptors (Lipinski definition) is 5. The molecule has 1 N–H and O–H groups in total. The normalized spacial score (nSPS) is 10.5. The Morgan fingerprint density at radius 1 is 0.885 bits per heavy atom. The van der Waals surface area contributed by atoms with Crippen molar-refractivity contribution < 1.29 is 4.79 Å². The second kappa shape index (κ2) is 6.94. The number of carbonyl (C=O) groups excluding carboxylic acids is 1. The summed E-state index contributed by atoms with van der Waals surface area (Å²) in [6.45, 7) is 0. The highest BCUT2D eigenvalue weighted by molar-refractivity contribution is 6.02. The van der Waals surface area contributed by atoms with Crippen LogP contribution in [0.25, 0.3) is 17.1 Å². The molecule has 0 saturated carbocycles. The standard InChI is InChI=1S/C19H14N6O/c26-19(16-8-4-9-18(21-16)25-13-5-12-20-25)22-17-11-10-15(23-24-17)14-6-2-1-3-7-14/h1-13H,(H,22,24,26). The highest BCUT2D eigenvalue weighted by Crippen LogP contribution is 2.16. The number of hydrogen-bond donors (Lipinski definition) is 1. The van der Waals surface area contributed by atoms with E-state index in [1.54, 1.807) is 47.4 Å².